The number of imide groups is 2. The Morgan fingerprint density at radius 3 is 2.42 bits per heavy atom. The molecule has 286 valence electrons. The van der Waals surface area contributed by atoms with E-state index in [1.165, 1.54) is 4.90 Å². The smallest absolute Gasteiger partial charge is 0.329 e. The number of para-hydroxylation sites is 1. The molecule has 0 saturated carbocycles. The summed E-state index contributed by atoms with van der Waals surface area (Å²) >= 11 is 0. The average molecular weight is 738 g/mol. The number of nitrogens with two attached hydrogens (primary N) is 2. The first-order chi connectivity index (χ1) is 25.4. The summed E-state index contributed by atoms with van der Waals surface area (Å²) in [5.41, 5.74) is 12.3. The van der Waals surface area contributed by atoms with Gasteiger partial charge in [-0.15, -0.1) is 10.2 Å². The van der Waals surface area contributed by atoms with E-state index in [1.54, 1.807) is 13.1 Å². The highest BCUT2D eigenvalue weighted by molar-refractivity contribution is 6.04. The number of urea groups is 3. The van der Waals surface area contributed by atoms with Crippen LogP contribution in [0.15, 0.2) is 39.9 Å². The number of carbonyl (C=O) groups excluding carboxylic acids is 6. The van der Waals surface area contributed by atoms with Crippen molar-refractivity contribution in [3.05, 3.63) is 47.8 Å². The lowest BCUT2D eigenvalue weighted by Crippen LogP contribution is -2.56. The van der Waals surface area contributed by atoms with E-state index in [-0.39, 0.29) is 43.5 Å². The van der Waals surface area contributed by atoms with Gasteiger partial charge in [0, 0.05) is 36.6 Å². The maximum absolute atomic E-state index is 13.7. The molecule has 3 heterocycles. The Kier molecular flexibility index (Phi) is 14.1. The fraction of sp³-hybridized carbons (Fsp3) is 0.485. The number of H-pyrrole nitrogens is 1. The van der Waals surface area contributed by atoms with Crippen molar-refractivity contribution in [2.24, 2.45) is 16.5 Å². The Morgan fingerprint density at radius 1 is 0.925 bits per heavy atom. The van der Waals surface area contributed by atoms with Gasteiger partial charge in [-0.3, -0.25) is 30.0 Å². The van der Waals surface area contributed by atoms with Gasteiger partial charge in [0.15, 0.2) is 5.96 Å². The van der Waals surface area contributed by atoms with Crippen LogP contribution in [0.3, 0.4) is 0 Å². The van der Waals surface area contributed by atoms with Gasteiger partial charge < -0.3 is 47.0 Å². The number of nitrogens with one attached hydrogen (secondary N) is 7. The lowest BCUT2D eigenvalue weighted by molar-refractivity contribution is -0.128. The number of aromatic nitrogens is 3. The zero-order valence-electron chi connectivity index (χ0n) is 29.9. The van der Waals surface area contributed by atoms with E-state index in [9.17, 15) is 28.8 Å². The van der Waals surface area contributed by atoms with Crippen molar-refractivity contribution in [1.82, 2.24) is 52.0 Å². The van der Waals surface area contributed by atoms with Gasteiger partial charge in [0.1, 0.15) is 24.2 Å². The summed E-state index contributed by atoms with van der Waals surface area (Å²) in [5, 5.41) is 23.5. The Bertz CT molecular complexity index is 1800. The normalized spacial score (nSPS) is 21.0. The average Bonchev–Trinajstić information content (AvgIpc) is 3.77. The number of aromatic amines is 1. The largest absolute Gasteiger partial charge is 0.421 e. The highest BCUT2D eigenvalue weighted by Crippen LogP contribution is 2.26. The maximum Gasteiger partial charge on any atom is 0.329 e. The standard InChI is InChI=1S/C33H47N13O7/c1-4-6-14-46-24(5-2)29-45-44-28(53-29)18(3)39-27(49)23(15-19-16-37-21-11-8-7-10-20(19)21)41-31(50)43-32(51)42-26(48)22(12-9-13-36-30(34)35)40-25(47)17-38-33(46)52/h7-8,10-11,16,18,22-24,37H,4-6,9,12-15,17H2,1-3H3,(H,38,52)(H,39,49)(H,40,47)(H4,34,35,36)(H3,41,42,43,48,50,51)/t18-,22-,23?,24?/m0/s1. The van der Waals surface area contributed by atoms with Crippen molar-refractivity contribution in [1.29, 1.82) is 0 Å². The van der Waals surface area contributed by atoms with Crippen LogP contribution in [0.1, 0.15) is 82.3 Å². The van der Waals surface area contributed by atoms with Gasteiger partial charge in [0.05, 0.1) is 6.54 Å². The molecule has 9 amide bonds. The summed E-state index contributed by atoms with van der Waals surface area (Å²) in [6.07, 6.45) is 3.71. The third-order valence-corrected chi connectivity index (χ3v) is 8.43. The number of hydrogen-bond donors (Lipinski definition) is 9. The summed E-state index contributed by atoms with van der Waals surface area (Å²) in [6.45, 7) is 5.31. The monoisotopic (exact) mass is 737 g/mol. The molecule has 2 bridgehead atoms. The molecule has 1 aliphatic rings. The first-order valence-corrected chi connectivity index (χ1v) is 17.4. The van der Waals surface area contributed by atoms with Crippen LogP contribution < -0.4 is 43.4 Å². The first-order valence-electron chi connectivity index (χ1n) is 17.4. The molecule has 0 saturated heterocycles. The number of nitrogens with zero attached hydrogens (tertiary/aromatic N) is 4. The molecular formula is C33H47N13O7. The van der Waals surface area contributed by atoms with Crippen molar-refractivity contribution in [3.63, 3.8) is 0 Å². The van der Waals surface area contributed by atoms with Crippen LogP contribution in [0.25, 0.3) is 10.9 Å². The van der Waals surface area contributed by atoms with Crippen LogP contribution in [0.2, 0.25) is 0 Å². The molecule has 2 aromatic heterocycles. The third-order valence-electron chi connectivity index (χ3n) is 8.43. The summed E-state index contributed by atoms with van der Waals surface area (Å²) in [4.78, 5) is 87.8. The van der Waals surface area contributed by atoms with Crippen molar-refractivity contribution in [2.45, 2.75) is 83.5 Å². The molecule has 4 atom stereocenters. The van der Waals surface area contributed by atoms with E-state index in [1.807, 2.05) is 48.7 Å². The summed E-state index contributed by atoms with van der Waals surface area (Å²) in [6, 6.07) is 0.486. The van der Waals surface area contributed by atoms with Crippen LogP contribution >= 0.6 is 0 Å². The lowest BCUT2D eigenvalue weighted by Gasteiger charge is -2.29. The van der Waals surface area contributed by atoms with Crippen LogP contribution in [0.5, 0.6) is 0 Å². The number of unbranched alkanes of at least 4 members (excludes halogenated alkanes) is 1. The second-order valence-corrected chi connectivity index (χ2v) is 12.4. The molecule has 0 aliphatic carbocycles. The molecule has 20 heteroatoms. The number of aliphatic imine (C=N–C) groups is 1. The van der Waals surface area contributed by atoms with Crippen LogP contribution in [-0.2, 0) is 20.8 Å². The summed E-state index contributed by atoms with van der Waals surface area (Å²) in [5.74, 6) is -2.32. The molecule has 0 fully saturated rings. The molecule has 11 N–H and O–H groups in total. The molecule has 3 aromatic rings. The van der Waals surface area contributed by atoms with E-state index in [2.05, 4.69) is 41.4 Å². The van der Waals surface area contributed by atoms with Gasteiger partial charge >= 0.3 is 18.1 Å². The van der Waals surface area contributed by atoms with E-state index in [0.29, 0.717) is 24.9 Å². The number of carbonyl (C=O) groups is 6. The summed E-state index contributed by atoms with van der Waals surface area (Å²) in [7, 11) is 0. The molecule has 20 nitrogen and oxygen atoms in total. The molecule has 4 rings (SSSR count). The second-order valence-electron chi connectivity index (χ2n) is 12.4. The van der Waals surface area contributed by atoms with Crippen molar-refractivity contribution in [2.75, 3.05) is 19.6 Å². The molecular weight excluding hydrogens is 690 g/mol. The zero-order valence-corrected chi connectivity index (χ0v) is 29.9. The molecule has 2 unspecified atom stereocenters. The Balaban J connectivity index is 1.65. The SMILES string of the molecule is CCCCN1C(=O)NCC(=O)N[C@@H](CCCN=C(N)N)C(=O)NC(=O)NC(=O)NC(Cc2c[nH]c3ccccc23)C(=O)N[C@@H](C)c2nnc(o2)C1CC. The minimum Gasteiger partial charge on any atom is -0.421 e. The fourth-order valence-corrected chi connectivity index (χ4v) is 5.72. The third kappa shape index (κ3) is 11.1. The first kappa shape index (κ1) is 39.6. The minimum absolute atomic E-state index is 0.00709. The maximum atomic E-state index is 13.7. The number of guanidine groups is 1. The van der Waals surface area contributed by atoms with Crippen molar-refractivity contribution in [3.8, 4) is 0 Å². The van der Waals surface area contributed by atoms with E-state index >= 15 is 0 Å². The topological polar surface area (TPSA) is 297 Å². The second kappa shape index (κ2) is 18.9. The van der Waals surface area contributed by atoms with Crippen molar-refractivity contribution < 1.29 is 33.2 Å². The minimum atomic E-state index is -1.28. The Labute approximate surface area is 305 Å². The van der Waals surface area contributed by atoms with E-state index in [4.69, 9.17) is 15.9 Å². The number of rotatable bonds is 10. The van der Waals surface area contributed by atoms with Crippen LogP contribution in [0.4, 0.5) is 14.4 Å². The van der Waals surface area contributed by atoms with E-state index < -0.39 is 66.5 Å². The molecule has 1 aromatic carbocycles. The number of hydrogen-bond acceptors (Lipinski definition) is 10. The highest BCUT2D eigenvalue weighted by Gasteiger charge is 2.32. The lowest BCUT2D eigenvalue weighted by atomic mass is 10.0. The van der Waals surface area contributed by atoms with Crippen molar-refractivity contribution >= 4 is 52.7 Å². The molecule has 1 aliphatic heterocycles. The number of fused-ring (bicyclic) bond motifs is 3. The molecule has 0 radical (unpaired) electrons. The number of amides is 9. The zero-order chi connectivity index (χ0) is 38.5. The van der Waals surface area contributed by atoms with Gasteiger partial charge in [0.2, 0.25) is 23.6 Å². The van der Waals surface area contributed by atoms with Gasteiger partial charge in [-0.1, -0.05) is 38.5 Å². The van der Waals surface area contributed by atoms with Crippen LogP contribution in [-0.4, -0.2) is 93.6 Å². The van der Waals surface area contributed by atoms with E-state index in [0.717, 1.165) is 17.3 Å². The predicted octanol–water partition coefficient (Wildman–Crippen LogP) is 0.690. The molecule has 53 heavy (non-hydrogen) atoms. The Hall–Kier alpha value is -6.21. The fourth-order valence-electron chi connectivity index (χ4n) is 5.72. The summed E-state index contributed by atoms with van der Waals surface area (Å²) < 4.78 is 5.99. The van der Waals surface area contributed by atoms with Gasteiger partial charge in [-0.05, 0) is 44.2 Å². The van der Waals surface area contributed by atoms with Crippen LogP contribution in [0, 0.1) is 0 Å². The highest BCUT2D eigenvalue weighted by atomic mass is 16.4. The predicted molar refractivity (Wildman–Crippen MR) is 192 cm³/mol. The molecule has 0 spiro atoms. The number of benzene rings is 1. The van der Waals surface area contributed by atoms with Gasteiger partial charge in [-0.25, -0.2) is 14.4 Å². The van der Waals surface area contributed by atoms with Gasteiger partial charge in [-0.2, -0.15) is 0 Å². The van der Waals surface area contributed by atoms with Gasteiger partial charge in [0.25, 0.3) is 5.91 Å². The quantitative estimate of drug-likeness (QED) is 0.0792. The Morgan fingerprint density at radius 2 is 1.68 bits per heavy atom.